The summed E-state index contributed by atoms with van der Waals surface area (Å²) in [5, 5.41) is 4.16. The van der Waals surface area contributed by atoms with Crippen LogP contribution in [0.4, 0.5) is 5.95 Å². The lowest BCUT2D eigenvalue weighted by molar-refractivity contribution is 0.724. The van der Waals surface area contributed by atoms with E-state index in [-0.39, 0.29) is 0 Å². The maximum absolute atomic E-state index is 5.92. The van der Waals surface area contributed by atoms with Gasteiger partial charge in [-0.3, -0.25) is 0 Å². The highest BCUT2D eigenvalue weighted by Gasteiger charge is 2.12. The van der Waals surface area contributed by atoms with Crippen molar-refractivity contribution in [2.45, 2.75) is 12.8 Å². The summed E-state index contributed by atoms with van der Waals surface area (Å²) in [6.07, 6.45) is 3.79. The van der Waals surface area contributed by atoms with Crippen LogP contribution >= 0.6 is 11.6 Å². The molecule has 0 bridgehead atoms. The highest BCUT2D eigenvalue weighted by Crippen LogP contribution is 2.14. The Labute approximate surface area is 130 Å². The van der Waals surface area contributed by atoms with Gasteiger partial charge in [0, 0.05) is 37.3 Å². The second kappa shape index (κ2) is 6.87. The van der Waals surface area contributed by atoms with Gasteiger partial charge in [-0.15, -0.1) is 0 Å². The first-order valence-electron chi connectivity index (χ1n) is 7.33. The summed E-state index contributed by atoms with van der Waals surface area (Å²) in [6, 6.07) is 9.90. The first kappa shape index (κ1) is 14.3. The zero-order chi connectivity index (χ0) is 14.5. The quantitative estimate of drug-likeness (QED) is 0.946. The fraction of sp³-hybridized carbons (Fsp3) is 0.375. The number of nitrogens with zero attached hydrogens (tertiary/aromatic N) is 3. The molecule has 0 saturated carbocycles. The summed E-state index contributed by atoms with van der Waals surface area (Å²) in [7, 11) is 0. The van der Waals surface area contributed by atoms with Crippen LogP contribution in [0.25, 0.3) is 0 Å². The number of hydrogen-bond donors (Lipinski definition) is 1. The third-order valence-electron chi connectivity index (χ3n) is 3.62. The van der Waals surface area contributed by atoms with Crippen LogP contribution in [0.15, 0.2) is 36.5 Å². The molecular weight excluding hydrogens is 284 g/mol. The van der Waals surface area contributed by atoms with E-state index in [9.17, 15) is 0 Å². The van der Waals surface area contributed by atoms with E-state index in [4.69, 9.17) is 16.6 Å². The zero-order valence-corrected chi connectivity index (χ0v) is 12.7. The van der Waals surface area contributed by atoms with Crippen molar-refractivity contribution in [2.75, 3.05) is 31.1 Å². The summed E-state index contributed by atoms with van der Waals surface area (Å²) < 4.78 is 0. The first-order valence-corrected chi connectivity index (χ1v) is 7.71. The Bertz CT molecular complexity index is 577. The van der Waals surface area contributed by atoms with Gasteiger partial charge in [0.2, 0.25) is 5.95 Å². The normalized spacial score (nSPS) is 15.8. The van der Waals surface area contributed by atoms with Crippen LogP contribution in [0.1, 0.15) is 17.7 Å². The summed E-state index contributed by atoms with van der Waals surface area (Å²) in [4.78, 5) is 11.4. The number of aromatic nitrogens is 2. The van der Waals surface area contributed by atoms with Gasteiger partial charge in [-0.1, -0.05) is 23.7 Å². The monoisotopic (exact) mass is 302 g/mol. The van der Waals surface area contributed by atoms with Gasteiger partial charge in [0.15, 0.2) is 0 Å². The number of rotatable bonds is 3. The molecule has 0 unspecified atom stereocenters. The third-order valence-corrected chi connectivity index (χ3v) is 3.87. The fourth-order valence-electron chi connectivity index (χ4n) is 2.49. The Morgan fingerprint density at radius 2 is 1.95 bits per heavy atom. The van der Waals surface area contributed by atoms with Crippen molar-refractivity contribution in [1.29, 1.82) is 0 Å². The van der Waals surface area contributed by atoms with Gasteiger partial charge in [-0.25, -0.2) is 9.97 Å². The van der Waals surface area contributed by atoms with E-state index >= 15 is 0 Å². The van der Waals surface area contributed by atoms with E-state index in [1.54, 1.807) is 0 Å². The van der Waals surface area contributed by atoms with E-state index in [0.29, 0.717) is 0 Å². The summed E-state index contributed by atoms with van der Waals surface area (Å²) >= 11 is 5.92. The van der Waals surface area contributed by atoms with Crippen molar-refractivity contribution in [3.8, 4) is 0 Å². The Balaban J connectivity index is 1.74. The lowest BCUT2D eigenvalue weighted by Crippen LogP contribution is -2.29. The second-order valence-electron chi connectivity index (χ2n) is 5.24. The van der Waals surface area contributed by atoms with Crippen molar-refractivity contribution < 1.29 is 0 Å². The average molecular weight is 303 g/mol. The number of nitrogens with one attached hydrogen (secondary N) is 1. The molecule has 0 radical (unpaired) electrons. The van der Waals surface area contributed by atoms with Crippen LogP contribution in [0.5, 0.6) is 0 Å². The molecule has 1 aliphatic rings. The Kier molecular flexibility index (Phi) is 4.68. The molecule has 1 saturated heterocycles. The molecule has 1 aromatic carbocycles. The minimum Gasteiger partial charge on any atom is -0.339 e. The molecule has 5 heteroatoms. The van der Waals surface area contributed by atoms with Crippen molar-refractivity contribution in [2.24, 2.45) is 0 Å². The number of hydrogen-bond acceptors (Lipinski definition) is 4. The number of anilines is 1. The first-order chi connectivity index (χ1) is 10.3. The summed E-state index contributed by atoms with van der Waals surface area (Å²) in [6.45, 7) is 4.04. The molecule has 2 aromatic rings. The van der Waals surface area contributed by atoms with Gasteiger partial charge in [-0.05, 0) is 36.7 Å². The molecule has 0 spiro atoms. The molecule has 1 aromatic heterocycles. The molecular formula is C16H19ClN4. The summed E-state index contributed by atoms with van der Waals surface area (Å²) in [5.41, 5.74) is 2.25. The molecule has 0 atom stereocenters. The highest BCUT2D eigenvalue weighted by molar-refractivity contribution is 6.30. The minimum absolute atomic E-state index is 0.763. The van der Waals surface area contributed by atoms with Crippen LogP contribution in [0.2, 0.25) is 5.02 Å². The van der Waals surface area contributed by atoms with Crippen molar-refractivity contribution in [3.05, 3.63) is 52.8 Å². The van der Waals surface area contributed by atoms with Crippen molar-refractivity contribution in [3.63, 3.8) is 0 Å². The van der Waals surface area contributed by atoms with E-state index in [1.807, 2.05) is 36.5 Å². The number of benzene rings is 1. The SMILES string of the molecule is Clc1ccc(Cc2ccnc(N3CCCNCC3)n2)cc1. The maximum atomic E-state index is 5.92. The van der Waals surface area contributed by atoms with Gasteiger partial charge < -0.3 is 10.2 Å². The van der Waals surface area contributed by atoms with E-state index < -0.39 is 0 Å². The van der Waals surface area contributed by atoms with Gasteiger partial charge in [0.1, 0.15) is 0 Å². The lowest BCUT2D eigenvalue weighted by Gasteiger charge is -2.20. The largest absolute Gasteiger partial charge is 0.339 e. The van der Waals surface area contributed by atoms with Crippen LogP contribution in [0, 0.1) is 0 Å². The van der Waals surface area contributed by atoms with Gasteiger partial charge in [0.05, 0.1) is 5.69 Å². The molecule has 0 aliphatic carbocycles. The topological polar surface area (TPSA) is 41.1 Å². The smallest absolute Gasteiger partial charge is 0.225 e. The van der Waals surface area contributed by atoms with Crippen molar-refractivity contribution in [1.82, 2.24) is 15.3 Å². The zero-order valence-electron chi connectivity index (χ0n) is 11.9. The maximum Gasteiger partial charge on any atom is 0.225 e. The number of halogens is 1. The molecule has 3 rings (SSSR count). The predicted molar refractivity (Wildman–Crippen MR) is 86.0 cm³/mol. The van der Waals surface area contributed by atoms with Gasteiger partial charge >= 0.3 is 0 Å². The molecule has 2 heterocycles. The van der Waals surface area contributed by atoms with Crippen LogP contribution in [0.3, 0.4) is 0 Å². The Morgan fingerprint density at radius 3 is 2.81 bits per heavy atom. The minimum atomic E-state index is 0.763. The van der Waals surface area contributed by atoms with E-state index in [0.717, 1.165) is 55.7 Å². The fourth-order valence-corrected chi connectivity index (χ4v) is 2.62. The molecule has 4 nitrogen and oxygen atoms in total. The molecule has 110 valence electrons. The Hall–Kier alpha value is -1.65. The van der Waals surface area contributed by atoms with Gasteiger partial charge in [-0.2, -0.15) is 0 Å². The van der Waals surface area contributed by atoms with Gasteiger partial charge in [0.25, 0.3) is 0 Å². The van der Waals surface area contributed by atoms with Crippen LogP contribution in [-0.2, 0) is 6.42 Å². The molecule has 21 heavy (non-hydrogen) atoms. The van der Waals surface area contributed by atoms with E-state index in [2.05, 4.69) is 15.2 Å². The van der Waals surface area contributed by atoms with Crippen LogP contribution < -0.4 is 10.2 Å². The van der Waals surface area contributed by atoms with Crippen LogP contribution in [-0.4, -0.2) is 36.1 Å². The van der Waals surface area contributed by atoms with E-state index in [1.165, 1.54) is 5.56 Å². The Morgan fingerprint density at radius 1 is 1.10 bits per heavy atom. The second-order valence-corrected chi connectivity index (χ2v) is 5.68. The summed E-state index contributed by atoms with van der Waals surface area (Å²) in [5.74, 6) is 0.838. The lowest BCUT2D eigenvalue weighted by atomic mass is 10.1. The average Bonchev–Trinajstić information content (AvgIpc) is 2.79. The van der Waals surface area contributed by atoms with Crippen molar-refractivity contribution >= 4 is 17.5 Å². The molecule has 1 fully saturated rings. The standard InChI is InChI=1S/C16H19ClN4/c17-14-4-2-13(3-5-14)12-15-6-8-19-16(20-15)21-10-1-7-18-9-11-21/h2-6,8,18H,1,7,9-12H2. The highest BCUT2D eigenvalue weighted by atomic mass is 35.5. The third kappa shape index (κ3) is 3.93. The molecule has 1 aliphatic heterocycles. The molecule has 0 amide bonds. The predicted octanol–water partition coefficient (Wildman–Crippen LogP) is 2.52. The molecule has 1 N–H and O–H groups in total.